The van der Waals surface area contributed by atoms with Crippen molar-refractivity contribution in [3.8, 4) is 0 Å². The predicted octanol–water partition coefficient (Wildman–Crippen LogP) is 2.42. The topological polar surface area (TPSA) is 65.5 Å². The average molecular weight is 395 g/mol. The van der Waals surface area contributed by atoms with Crippen LogP contribution in [0.1, 0.15) is 29.0 Å². The molecule has 1 saturated heterocycles. The number of aryl methyl sites for hydroxylation is 1. The minimum atomic E-state index is -1.47. The summed E-state index contributed by atoms with van der Waals surface area (Å²) in [4.78, 5) is 19.6. The molecule has 1 aromatic heterocycles. The van der Waals surface area contributed by atoms with E-state index in [0.717, 1.165) is 24.2 Å². The molecule has 5 nitrogen and oxygen atoms in total. The van der Waals surface area contributed by atoms with Crippen LogP contribution in [-0.2, 0) is 17.8 Å². The molecule has 27 heavy (non-hydrogen) atoms. The Labute approximate surface area is 161 Å². The van der Waals surface area contributed by atoms with Gasteiger partial charge in [-0.3, -0.25) is 4.79 Å². The van der Waals surface area contributed by atoms with Gasteiger partial charge in [0, 0.05) is 31.1 Å². The van der Waals surface area contributed by atoms with Crippen LogP contribution in [0.2, 0.25) is 0 Å². The second-order valence-electron chi connectivity index (χ2n) is 6.90. The fourth-order valence-electron chi connectivity index (χ4n) is 3.30. The first-order valence-corrected chi connectivity index (χ1v) is 9.82. The van der Waals surface area contributed by atoms with Crippen molar-refractivity contribution in [2.45, 2.75) is 38.3 Å². The van der Waals surface area contributed by atoms with E-state index in [1.807, 2.05) is 6.92 Å². The lowest BCUT2D eigenvalue weighted by Gasteiger charge is -2.38. The summed E-state index contributed by atoms with van der Waals surface area (Å²) >= 11 is 1.59. The molecule has 0 aliphatic carbocycles. The highest BCUT2D eigenvalue weighted by Crippen LogP contribution is 2.24. The molecule has 0 saturated carbocycles. The Morgan fingerprint density at radius 1 is 1.37 bits per heavy atom. The number of carbonyl (C=O) groups is 1. The number of thiazole rings is 1. The Morgan fingerprint density at radius 3 is 2.89 bits per heavy atom. The third-order valence-corrected chi connectivity index (χ3v) is 5.85. The summed E-state index contributed by atoms with van der Waals surface area (Å²) < 4.78 is 26.5. The molecule has 2 N–H and O–H groups in total. The average Bonchev–Trinajstić information content (AvgIpc) is 3.04. The van der Waals surface area contributed by atoms with Gasteiger partial charge < -0.3 is 15.3 Å². The number of nitrogens with zero attached hydrogens (tertiary/aromatic N) is 2. The Morgan fingerprint density at radius 2 is 2.19 bits per heavy atom. The highest BCUT2D eigenvalue weighted by molar-refractivity contribution is 7.09. The highest BCUT2D eigenvalue weighted by atomic mass is 32.1. The standard InChI is InChI=1S/C19H23F2N3O2S/c1-13-17(27-12-23-13)5-7-22-11-19(26)6-2-8-24(18(19)25)10-14-3-4-15(20)16(21)9-14/h3-4,9,12,22,26H,2,5-8,10-11H2,1H3. The summed E-state index contributed by atoms with van der Waals surface area (Å²) in [6.07, 6.45) is 1.83. The molecule has 3 rings (SSSR count). The van der Waals surface area contributed by atoms with E-state index >= 15 is 0 Å². The molecule has 1 unspecified atom stereocenters. The predicted molar refractivity (Wildman–Crippen MR) is 99.4 cm³/mol. The fourth-order valence-corrected chi connectivity index (χ4v) is 4.08. The number of aliphatic hydroxyl groups is 1. The van der Waals surface area contributed by atoms with Crippen molar-refractivity contribution in [2.24, 2.45) is 0 Å². The molecule has 1 aromatic carbocycles. The molecular formula is C19H23F2N3O2S. The van der Waals surface area contributed by atoms with E-state index in [4.69, 9.17) is 0 Å². The fraction of sp³-hybridized carbons (Fsp3) is 0.474. The number of nitrogens with one attached hydrogen (secondary N) is 1. The third kappa shape index (κ3) is 4.69. The normalized spacial score (nSPS) is 20.3. The monoisotopic (exact) mass is 395 g/mol. The molecular weight excluding hydrogens is 372 g/mol. The van der Waals surface area contributed by atoms with Gasteiger partial charge in [-0.05, 0) is 43.9 Å². The highest BCUT2D eigenvalue weighted by Gasteiger charge is 2.41. The molecule has 0 bridgehead atoms. The van der Waals surface area contributed by atoms with Crippen molar-refractivity contribution in [3.63, 3.8) is 0 Å². The van der Waals surface area contributed by atoms with Gasteiger partial charge in [-0.2, -0.15) is 0 Å². The van der Waals surface area contributed by atoms with Crippen LogP contribution >= 0.6 is 11.3 Å². The minimum Gasteiger partial charge on any atom is -0.379 e. The van der Waals surface area contributed by atoms with Gasteiger partial charge in [-0.15, -0.1) is 11.3 Å². The molecule has 1 aliphatic heterocycles. The van der Waals surface area contributed by atoms with Gasteiger partial charge in [-0.25, -0.2) is 13.8 Å². The van der Waals surface area contributed by atoms with Crippen LogP contribution < -0.4 is 5.32 Å². The summed E-state index contributed by atoms with van der Waals surface area (Å²) in [6, 6.07) is 3.59. The number of benzene rings is 1. The summed E-state index contributed by atoms with van der Waals surface area (Å²) in [7, 11) is 0. The summed E-state index contributed by atoms with van der Waals surface area (Å²) in [5, 5.41) is 14.0. The van der Waals surface area contributed by atoms with Crippen molar-refractivity contribution in [1.29, 1.82) is 0 Å². The van der Waals surface area contributed by atoms with Crippen molar-refractivity contribution in [1.82, 2.24) is 15.2 Å². The van der Waals surface area contributed by atoms with Crippen LogP contribution in [0.4, 0.5) is 8.78 Å². The zero-order chi connectivity index (χ0) is 19.4. The molecule has 2 aromatic rings. The van der Waals surface area contributed by atoms with Gasteiger partial charge >= 0.3 is 0 Å². The zero-order valence-corrected chi connectivity index (χ0v) is 16.0. The number of aromatic nitrogens is 1. The van der Waals surface area contributed by atoms with Gasteiger partial charge in [0.05, 0.1) is 11.2 Å². The van der Waals surface area contributed by atoms with Gasteiger partial charge in [0.15, 0.2) is 17.2 Å². The SMILES string of the molecule is Cc1ncsc1CCNCC1(O)CCCN(Cc2ccc(F)c(F)c2)C1=O. The van der Waals surface area contributed by atoms with E-state index in [9.17, 15) is 18.7 Å². The second kappa shape index (κ2) is 8.41. The van der Waals surface area contributed by atoms with E-state index in [-0.39, 0.29) is 19.0 Å². The molecule has 1 atom stereocenters. The number of halogens is 2. The molecule has 146 valence electrons. The van der Waals surface area contributed by atoms with E-state index in [2.05, 4.69) is 10.3 Å². The van der Waals surface area contributed by atoms with Crippen LogP contribution in [0.3, 0.4) is 0 Å². The number of carbonyl (C=O) groups excluding carboxylic acids is 1. The Hall–Kier alpha value is -1.90. The van der Waals surface area contributed by atoms with Crippen molar-refractivity contribution < 1.29 is 18.7 Å². The molecule has 1 amide bonds. The number of hydrogen-bond acceptors (Lipinski definition) is 5. The zero-order valence-electron chi connectivity index (χ0n) is 15.2. The van der Waals surface area contributed by atoms with Crippen molar-refractivity contribution >= 4 is 17.2 Å². The number of hydrogen-bond donors (Lipinski definition) is 2. The summed E-state index contributed by atoms with van der Waals surface area (Å²) in [5.41, 5.74) is 1.84. The quantitative estimate of drug-likeness (QED) is 0.707. The van der Waals surface area contributed by atoms with Gasteiger partial charge in [-0.1, -0.05) is 6.07 Å². The lowest BCUT2D eigenvalue weighted by molar-refractivity contribution is -0.157. The number of amides is 1. The number of likely N-dealkylation sites (tertiary alicyclic amines) is 1. The molecule has 1 aliphatic rings. The second-order valence-corrected chi connectivity index (χ2v) is 7.84. The smallest absolute Gasteiger partial charge is 0.256 e. The van der Waals surface area contributed by atoms with E-state index in [0.29, 0.717) is 31.5 Å². The molecule has 2 heterocycles. The van der Waals surface area contributed by atoms with E-state index in [1.54, 1.807) is 16.8 Å². The first kappa shape index (κ1) is 19.9. The van der Waals surface area contributed by atoms with Crippen LogP contribution in [-0.4, -0.2) is 46.1 Å². The lowest BCUT2D eigenvalue weighted by Crippen LogP contribution is -2.57. The number of piperidine rings is 1. The largest absolute Gasteiger partial charge is 0.379 e. The first-order chi connectivity index (χ1) is 12.9. The van der Waals surface area contributed by atoms with Crippen molar-refractivity contribution in [3.05, 3.63) is 51.5 Å². The molecule has 0 radical (unpaired) electrons. The number of rotatable bonds is 7. The van der Waals surface area contributed by atoms with Crippen LogP contribution in [0.15, 0.2) is 23.7 Å². The van der Waals surface area contributed by atoms with E-state index < -0.39 is 17.2 Å². The molecule has 8 heteroatoms. The summed E-state index contributed by atoms with van der Waals surface area (Å²) in [6.45, 7) is 3.40. The maximum Gasteiger partial charge on any atom is 0.256 e. The van der Waals surface area contributed by atoms with Crippen LogP contribution in [0.5, 0.6) is 0 Å². The Kier molecular flexibility index (Phi) is 6.18. The maximum absolute atomic E-state index is 13.4. The van der Waals surface area contributed by atoms with Crippen LogP contribution in [0, 0.1) is 18.6 Å². The van der Waals surface area contributed by atoms with Gasteiger partial charge in [0.2, 0.25) is 0 Å². The third-order valence-electron chi connectivity index (χ3n) is 4.85. The lowest BCUT2D eigenvalue weighted by atomic mass is 9.91. The maximum atomic E-state index is 13.4. The van der Waals surface area contributed by atoms with Crippen LogP contribution in [0.25, 0.3) is 0 Å². The molecule has 1 fully saturated rings. The Balaban J connectivity index is 1.55. The van der Waals surface area contributed by atoms with Gasteiger partial charge in [0.1, 0.15) is 0 Å². The summed E-state index contributed by atoms with van der Waals surface area (Å²) in [5.74, 6) is -2.23. The van der Waals surface area contributed by atoms with Crippen molar-refractivity contribution in [2.75, 3.05) is 19.6 Å². The molecule has 0 spiro atoms. The van der Waals surface area contributed by atoms with Gasteiger partial charge in [0.25, 0.3) is 5.91 Å². The minimum absolute atomic E-state index is 0.151. The Bertz CT molecular complexity index is 814. The first-order valence-electron chi connectivity index (χ1n) is 8.94. The van der Waals surface area contributed by atoms with E-state index in [1.165, 1.54) is 15.8 Å².